The second kappa shape index (κ2) is 21.5. The van der Waals surface area contributed by atoms with Crippen LogP contribution in [-0.4, -0.2) is 50.2 Å². The van der Waals surface area contributed by atoms with Crippen LogP contribution in [0.1, 0.15) is 72.9 Å². The average Bonchev–Trinajstić information content (AvgIpc) is 2.81. The molecule has 6 nitrogen and oxygen atoms in total. The molecule has 0 radical (unpaired) electrons. The molecule has 0 bridgehead atoms. The van der Waals surface area contributed by atoms with E-state index in [0.29, 0.717) is 13.1 Å². The zero-order chi connectivity index (χ0) is 27.7. The van der Waals surface area contributed by atoms with Crippen molar-refractivity contribution >= 4 is 0 Å². The molecular formula is C30H48N2O4Ti. The van der Waals surface area contributed by atoms with Gasteiger partial charge < -0.3 is 30.2 Å². The van der Waals surface area contributed by atoms with Crippen molar-refractivity contribution in [2.45, 2.75) is 80.3 Å². The molecule has 0 spiro atoms. The minimum Gasteiger partial charge on any atom is -0.872 e. The Labute approximate surface area is 241 Å². The maximum Gasteiger partial charge on any atom is 4.00 e. The smallest absolute Gasteiger partial charge is 0.872 e. The summed E-state index contributed by atoms with van der Waals surface area (Å²) in [6.45, 7) is 15.0. The van der Waals surface area contributed by atoms with Gasteiger partial charge in [0.1, 0.15) is 0 Å². The molecule has 0 N–H and O–H groups in total. The van der Waals surface area contributed by atoms with Gasteiger partial charge in [0.15, 0.2) is 0 Å². The van der Waals surface area contributed by atoms with Crippen molar-refractivity contribution in [1.82, 2.24) is 9.80 Å². The molecule has 0 saturated heterocycles. The molecule has 0 saturated carbocycles. The number of unbranched alkanes of at least 4 members (excludes halogenated alkanes) is 2. The van der Waals surface area contributed by atoms with Crippen LogP contribution in [0.2, 0.25) is 0 Å². The Morgan fingerprint density at radius 1 is 0.622 bits per heavy atom. The van der Waals surface area contributed by atoms with Crippen LogP contribution in [0.25, 0.3) is 0 Å². The number of hydrogen-bond donors (Lipinski definition) is 0. The molecule has 0 heterocycles. The molecule has 0 atom stereocenters. The third kappa shape index (κ3) is 16.2. The van der Waals surface area contributed by atoms with Crippen LogP contribution >= 0.6 is 0 Å². The Morgan fingerprint density at radius 3 is 1.19 bits per heavy atom. The maximum atomic E-state index is 12.3. The van der Waals surface area contributed by atoms with Gasteiger partial charge in [0, 0.05) is 26.2 Å². The summed E-state index contributed by atoms with van der Waals surface area (Å²) >= 11 is 0. The zero-order valence-corrected chi connectivity index (χ0v) is 26.0. The van der Waals surface area contributed by atoms with Gasteiger partial charge in [-0.3, -0.25) is 0 Å². The SMILES string of the molecule is CCCC[O-].CCCC[O-].Cc1cc(C)c([O-])c(CN(C)CCN(C)Cc2cc(C)cc(C)c2[O-])c1.[Ti+4]. The van der Waals surface area contributed by atoms with Gasteiger partial charge in [0.25, 0.3) is 0 Å². The van der Waals surface area contributed by atoms with Crippen molar-refractivity contribution in [2.24, 2.45) is 0 Å². The number of rotatable bonds is 11. The maximum absolute atomic E-state index is 12.3. The standard InChI is InChI=1S/C22H32N2O2.2C4H9O.Ti/c1-15-9-17(3)21(25)19(11-15)13-23(5)7-8-24(6)14-20-12-16(2)10-18(4)22(20)26;2*1-2-3-4-5;/h9-12,25-26H,7-8,13-14H2,1-6H3;2*2-4H2,1H3;/q;2*-1;+4/p-2. The van der Waals surface area contributed by atoms with E-state index < -0.39 is 0 Å². The predicted octanol–water partition coefficient (Wildman–Crippen LogP) is 2.92. The number of benzene rings is 2. The van der Waals surface area contributed by atoms with Gasteiger partial charge >= 0.3 is 21.7 Å². The second-order valence-electron chi connectivity index (χ2n) is 9.73. The van der Waals surface area contributed by atoms with Crippen molar-refractivity contribution < 1.29 is 42.1 Å². The monoisotopic (exact) mass is 548 g/mol. The van der Waals surface area contributed by atoms with Crippen LogP contribution in [0.5, 0.6) is 11.5 Å². The van der Waals surface area contributed by atoms with Crippen molar-refractivity contribution in [3.05, 3.63) is 57.6 Å². The third-order valence-corrected chi connectivity index (χ3v) is 5.73. The van der Waals surface area contributed by atoms with E-state index >= 15 is 0 Å². The second-order valence-corrected chi connectivity index (χ2v) is 9.73. The first-order valence-electron chi connectivity index (χ1n) is 13.1. The van der Waals surface area contributed by atoms with Crippen LogP contribution in [-0.2, 0) is 34.8 Å². The largest absolute Gasteiger partial charge is 4.00 e. The van der Waals surface area contributed by atoms with Crippen molar-refractivity contribution in [1.29, 1.82) is 0 Å². The van der Waals surface area contributed by atoms with Crippen LogP contribution in [0.15, 0.2) is 24.3 Å². The molecule has 0 unspecified atom stereocenters. The molecule has 37 heavy (non-hydrogen) atoms. The fourth-order valence-corrected chi connectivity index (χ4v) is 3.69. The van der Waals surface area contributed by atoms with Crippen molar-refractivity contribution in [3.8, 4) is 11.5 Å². The first-order chi connectivity index (χ1) is 17.0. The molecule has 2 aromatic carbocycles. The van der Waals surface area contributed by atoms with E-state index in [1.54, 1.807) is 0 Å². The van der Waals surface area contributed by atoms with E-state index in [2.05, 4.69) is 9.80 Å². The first kappa shape index (κ1) is 37.7. The summed E-state index contributed by atoms with van der Waals surface area (Å²) in [5, 5.41) is 43.6. The predicted molar refractivity (Wildman–Crippen MR) is 143 cm³/mol. The molecule has 2 aromatic rings. The Hall–Kier alpha value is -1.41. The third-order valence-electron chi connectivity index (χ3n) is 5.73. The van der Waals surface area contributed by atoms with Gasteiger partial charge in [-0.15, -0.1) is 24.7 Å². The normalized spacial score (nSPS) is 10.4. The van der Waals surface area contributed by atoms with E-state index in [4.69, 9.17) is 0 Å². The van der Waals surface area contributed by atoms with Gasteiger partial charge in [-0.25, -0.2) is 0 Å². The summed E-state index contributed by atoms with van der Waals surface area (Å²) in [4.78, 5) is 4.32. The Kier molecular flexibility index (Phi) is 22.0. The molecule has 2 rings (SSSR count). The van der Waals surface area contributed by atoms with E-state index in [1.165, 1.54) is 0 Å². The summed E-state index contributed by atoms with van der Waals surface area (Å²) in [5.41, 5.74) is 5.57. The molecule has 0 aliphatic carbocycles. The Balaban J connectivity index is 0. The topological polar surface area (TPSA) is 98.7 Å². The number of likely N-dealkylation sites (N-methyl/N-ethyl adjacent to an activating group) is 2. The van der Waals surface area contributed by atoms with E-state index in [9.17, 15) is 20.4 Å². The van der Waals surface area contributed by atoms with E-state index in [1.807, 2.05) is 79.9 Å². The fraction of sp³-hybridized carbons (Fsp3) is 0.600. The average molecular weight is 549 g/mol. The molecule has 7 heteroatoms. The molecule has 0 aromatic heterocycles. The summed E-state index contributed by atoms with van der Waals surface area (Å²) in [6, 6.07) is 7.83. The van der Waals surface area contributed by atoms with E-state index in [-0.39, 0.29) is 46.4 Å². The molecule has 0 amide bonds. The van der Waals surface area contributed by atoms with Crippen molar-refractivity contribution in [2.75, 3.05) is 40.4 Å². The zero-order valence-electron chi connectivity index (χ0n) is 24.4. The van der Waals surface area contributed by atoms with Gasteiger partial charge in [0.2, 0.25) is 0 Å². The quantitative estimate of drug-likeness (QED) is 0.401. The summed E-state index contributed by atoms with van der Waals surface area (Å²) in [5.74, 6) is 0.282. The molecule has 0 fully saturated rings. The molecule has 206 valence electrons. The minimum atomic E-state index is 0. The number of nitrogens with zero attached hydrogens (tertiary/aromatic N) is 2. The Morgan fingerprint density at radius 2 is 0.946 bits per heavy atom. The minimum absolute atomic E-state index is 0. The summed E-state index contributed by atoms with van der Waals surface area (Å²) < 4.78 is 0. The van der Waals surface area contributed by atoms with Gasteiger partial charge in [-0.05, 0) is 52.9 Å². The van der Waals surface area contributed by atoms with Crippen LogP contribution in [0.3, 0.4) is 0 Å². The summed E-state index contributed by atoms with van der Waals surface area (Å²) in [6.07, 6.45) is 3.73. The molecular weight excluding hydrogens is 500 g/mol. The van der Waals surface area contributed by atoms with Crippen LogP contribution in [0.4, 0.5) is 0 Å². The summed E-state index contributed by atoms with van der Waals surface area (Å²) in [7, 11) is 4.06. The number of hydrogen-bond acceptors (Lipinski definition) is 6. The van der Waals surface area contributed by atoms with Crippen LogP contribution < -0.4 is 20.4 Å². The van der Waals surface area contributed by atoms with Gasteiger partial charge in [-0.1, -0.05) is 86.1 Å². The first-order valence-corrected chi connectivity index (χ1v) is 13.1. The van der Waals surface area contributed by atoms with Crippen molar-refractivity contribution in [3.63, 3.8) is 0 Å². The van der Waals surface area contributed by atoms with E-state index in [0.717, 1.165) is 72.2 Å². The number of aryl methyl sites for hydroxylation is 4. The van der Waals surface area contributed by atoms with Gasteiger partial charge in [-0.2, -0.15) is 0 Å². The van der Waals surface area contributed by atoms with Crippen LogP contribution in [0, 0.1) is 27.7 Å². The molecule has 0 aliphatic heterocycles. The Bertz CT molecular complexity index is 802. The molecule has 0 aliphatic rings. The fourth-order valence-electron chi connectivity index (χ4n) is 3.69. The van der Waals surface area contributed by atoms with Gasteiger partial charge in [0.05, 0.1) is 0 Å².